The van der Waals surface area contributed by atoms with Crippen molar-refractivity contribution in [3.8, 4) is 11.3 Å². The largest absolute Gasteiger partial charge is 0.444 e. The van der Waals surface area contributed by atoms with Crippen LogP contribution in [0, 0.1) is 0 Å². The zero-order valence-corrected chi connectivity index (χ0v) is 20.8. The standard InChI is InChI=1S/C25H36N4O5/c1-24(2,3)33-22(31)27-15-20(30)17-29(28-23(32)34-25(4,5)6)16-18-10-12-19(13-11-18)21-9-7-8-14-26-21/h7-14,20,30H,15-17H2,1-6H3,(H,27,31)(H,28,32)/t20-/m1/s1. The third kappa shape index (κ3) is 10.6. The number of aromatic nitrogens is 1. The molecule has 0 aliphatic carbocycles. The molecule has 9 nitrogen and oxygen atoms in total. The maximum Gasteiger partial charge on any atom is 0.422 e. The normalized spacial score (nSPS) is 12.7. The van der Waals surface area contributed by atoms with Crippen molar-refractivity contribution < 1.29 is 24.2 Å². The van der Waals surface area contributed by atoms with E-state index in [1.807, 2.05) is 42.5 Å². The first-order valence-electron chi connectivity index (χ1n) is 11.2. The minimum Gasteiger partial charge on any atom is -0.444 e. The highest BCUT2D eigenvalue weighted by Gasteiger charge is 2.22. The predicted octanol–water partition coefficient (Wildman–Crippen LogP) is 3.88. The van der Waals surface area contributed by atoms with Crippen LogP contribution in [0.25, 0.3) is 11.3 Å². The fraction of sp³-hybridized carbons (Fsp3) is 0.480. The summed E-state index contributed by atoms with van der Waals surface area (Å²) in [6.45, 7) is 10.9. The summed E-state index contributed by atoms with van der Waals surface area (Å²) in [5.74, 6) is 0. The quantitative estimate of drug-likeness (QED) is 0.500. The fourth-order valence-electron chi connectivity index (χ4n) is 2.95. The summed E-state index contributed by atoms with van der Waals surface area (Å²) in [6.07, 6.45) is -0.480. The zero-order valence-electron chi connectivity index (χ0n) is 20.8. The Kier molecular flexibility index (Phi) is 9.40. The molecule has 3 N–H and O–H groups in total. The minimum atomic E-state index is -0.963. The highest BCUT2D eigenvalue weighted by Crippen LogP contribution is 2.17. The number of carbonyl (C=O) groups excluding carboxylic acids is 2. The first-order chi connectivity index (χ1) is 15.8. The number of rotatable bonds is 8. The summed E-state index contributed by atoms with van der Waals surface area (Å²) in [4.78, 5) is 28.6. The number of amides is 2. The molecule has 2 amide bonds. The molecule has 1 atom stereocenters. The van der Waals surface area contributed by atoms with Gasteiger partial charge in [-0.05, 0) is 59.2 Å². The number of hydrogen-bond acceptors (Lipinski definition) is 7. The predicted molar refractivity (Wildman–Crippen MR) is 130 cm³/mol. The second-order valence-electron chi connectivity index (χ2n) is 9.94. The molecule has 186 valence electrons. The van der Waals surface area contributed by atoms with Crippen LogP contribution in [0.3, 0.4) is 0 Å². The molecule has 34 heavy (non-hydrogen) atoms. The summed E-state index contributed by atoms with van der Waals surface area (Å²) in [6, 6.07) is 13.5. The number of aliphatic hydroxyl groups is 1. The molecule has 0 unspecified atom stereocenters. The molecule has 0 saturated heterocycles. The Hall–Kier alpha value is -3.17. The van der Waals surface area contributed by atoms with Gasteiger partial charge in [-0.25, -0.2) is 14.6 Å². The van der Waals surface area contributed by atoms with E-state index in [0.29, 0.717) is 6.54 Å². The van der Waals surface area contributed by atoms with Gasteiger partial charge in [0.05, 0.1) is 11.8 Å². The molecule has 2 aromatic rings. The van der Waals surface area contributed by atoms with E-state index in [0.717, 1.165) is 16.8 Å². The van der Waals surface area contributed by atoms with Crippen LogP contribution in [0.5, 0.6) is 0 Å². The van der Waals surface area contributed by atoms with Crippen LogP contribution in [0.4, 0.5) is 9.59 Å². The summed E-state index contributed by atoms with van der Waals surface area (Å²) in [5.41, 5.74) is 4.11. The van der Waals surface area contributed by atoms with Gasteiger partial charge in [-0.15, -0.1) is 0 Å². The first kappa shape index (κ1) is 27.1. The van der Waals surface area contributed by atoms with Crippen LogP contribution in [0.15, 0.2) is 48.7 Å². The van der Waals surface area contributed by atoms with Crippen LogP contribution in [0.1, 0.15) is 47.1 Å². The molecule has 1 heterocycles. The van der Waals surface area contributed by atoms with E-state index in [9.17, 15) is 14.7 Å². The van der Waals surface area contributed by atoms with Gasteiger partial charge in [-0.2, -0.15) is 0 Å². The van der Waals surface area contributed by atoms with Gasteiger partial charge in [-0.1, -0.05) is 30.3 Å². The number of hydrogen-bond donors (Lipinski definition) is 3. The van der Waals surface area contributed by atoms with E-state index < -0.39 is 29.5 Å². The molecular formula is C25H36N4O5. The molecule has 0 aliphatic heterocycles. The highest BCUT2D eigenvalue weighted by molar-refractivity contribution is 5.68. The van der Waals surface area contributed by atoms with Crippen LogP contribution in [0.2, 0.25) is 0 Å². The molecule has 0 spiro atoms. The van der Waals surface area contributed by atoms with E-state index in [-0.39, 0.29) is 13.1 Å². The number of benzene rings is 1. The summed E-state index contributed by atoms with van der Waals surface area (Å²) < 4.78 is 10.5. The number of alkyl carbamates (subject to hydrolysis) is 1. The Bertz CT molecular complexity index is 921. The Morgan fingerprint density at radius 3 is 2.15 bits per heavy atom. The van der Waals surface area contributed by atoms with E-state index in [4.69, 9.17) is 9.47 Å². The number of carbonyl (C=O) groups is 2. The lowest BCUT2D eigenvalue weighted by atomic mass is 10.1. The summed E-state index contributed by atoms with van der Waals surface area (Å²) in [7, 11) is 0. The van der Waals surface area contributed by atoms with E-state index in [2.05, 4.69) is 15.7 Å². The van der Waals surface area contributed by atoms with Crippen molar-refractivity contribution in [1.29, 1.82) is 0 Å². The lowest BCUT2D eigenvalue weighted by molar-refractivity contribution is 0.0185. The van der Waals surface area contributed by atoms with Gasteiger partial charge in [0.2, 0.25) is 0 Å². The number of ether oxygens (including phenoxy) is 2. The van der Waals surface area contributed by atoms with Gasteiger partial charge >= 0.3 is 12.2 Å². The lowest BCUT2D eigenvalue weighted by Gasteiger charge is -2.28. The molecule has 0 saturated carbocycles. The smallest absolute Gasteiger partial charge is 0.422 e. The number of pyridine rings is 1. The van der Waals surface area contributed by atoms with E-state index >= 15 is 0 Å². The second-order valence-corrected chi connectivity index (χ2v) is 9.94. The second kappa shape index (κ2) is 11.8. The van der Waals surface area contributed by atoms with Crippen LogP contribution < -0.4 is 10.7 Å². The minimum absolute atomic E-state index is 0.0416. The molecular weight excluding hydrogens is 436 g/mol. The molecule has 9 heteroatoms. The SMILES string of the molecule is CC(C)(C)OC(=O)NC[C@@H](O)CN(Cc1ccc(-c2ccccn2)cc1)NC(=O)OC(C)(C)C. The number of nitrogens with zero attached hydrogens (tertiary/aromatic N) is 2. The lowest BCUT2D eigenvalue weighted by Crippen LogP contribution is -2.49. The van der Waals surface area contributed by atoms with Gasteiger partial charge < -0.3 is 19.9 Å². The molecule has 0 radical (unpaired) electrons. The van der Waals surface area contributed by atoms with Gasteiger partial charge in [0.15, 0.2) is 0 Å². The molecule has 1 aromatic heterocycles. The Labute approximate surface area is 201 Å². The van der Waals surface area contributed by atoms with E-state index in [1.165, 1.54) is 0 Å². The molecule has 0 aliphatic rings. The van der Waals surface area contributed by atoms with Crippen LogP contribution in [-0.2, 0) is 16.0 Å². The fourth-order valence-corrected chi connectivity index (χ4v) is 2.95. The van der Waals surface area contributed by atoms with E-state index in [1.54, 1.807) is 52.7 Å². The number of hydrazine groups is 1. The van der Waals surface area contributed by atoms with Crippen molar-refractivity contribution in [2.24, 2.45) is 0 Å². The molecule has 0 bridgehead atoms. The van der Waals surface area contributed by atoms with Crippen molar-refractivity contribution in [3.05, 3.63) is 54.2 Å². The average Bonchev–Trinajstić information content (AvgIpc) is 2.71. The van der Waals surface area contributed by atoms with Crippen molar-refractivity contribution >= 4 is 12.2 Å². The maximum absolute atomic E-state index is 12.3. The third-order valence-electron chi connectivity index (χ3n) is 4.25. The molecule has 2 rings (SSSR count). The van der Waals surface area contributed by atoms with Gasteiger partial charge in [-0.3, -0.25) is 10.4 Å². The zero-order chi connectivity index (χ0) is 25.4. The van der Waals surface area contributed by atoms with Gasteiger partial charge in [0.25, 0.3) is 0 Å². The van der Waals surface area contributed by atoms with Crippen molar-refractivity contribution in [2.75, 3.05) is 13.1 Å². The van der Waals surface area contributed by atoms with Gasteiger partial charge in [0.1, 0.15) is 11.2 Å². The summed E-state index contributed by atoms with van der Waals surface area (Å²) in [5, 5.41) is 14.6. The summed E-state index contributed by atoms with van der Waals surface area (Å²) >= 11 is 0. The average molecular weight is 473 g/mol. The van der Waals surface area contributed by atoms with Crippen molar-refractivity contribution in [2.45, 2.75) is 65.4 Å². The van der Waals surface area contributed by atoms with Crippen molar-refractivity contribution in [1.82, 2.24) is 20.7 Å². The Balaban J connectivity index is 2.03. The third-order valence-corrected chi connectivity index (χ3v) is 4.25. The maximum atomic E-state index is 12.3. The van der Waals surface area contributed by atoms with Crippen molar-refractivity contribution in [3.63, 3.8) is 0 Å². The Morgan fingerprint density at radius 1 is 0.971 bits per heavy atom. The van der Waals surface area contributed by atoms with Gasteiger partial charge in [0, 0.05) is 31.4 Å². The molecule has 0 fully saturated rings. The highest BCUT2D eigenvalue weighted by atomic mass is 16.6. The topological polar surface area (TPSA) is 113 Å². The number of nitrogens with one attached hydrogen (secondary N) is 2. The first-order valence-corrected chi connectivity index (χ1v) is 11.2. The monoisotopic (exact) mass is 472 g/mol. The van der Waals surface area contributed by atoms with Crippen LogP contribution in [-0.4, -0.2) is 57.7 Å². The number of aliphatic hydroxyl groups excluding tert-OH is 1. The Morgan fingerprint density at radius 2 is 1.59 bits per heavy atom. The van der Waals surface area contributed by atoms with Crippen LogP contribution >= 0.6 is 0 Å². The molecule has 1 aromatic carbocycles.